The van der Waals surface area contributed by atoms with Crippen molar-refractivity contribution in [2.24, 2.45) is 0 Å². The van der Waals surface area contributed by atoms with Crippen molar-refractivity contribution in [2.45, 2.75) is 6.54 Å². The molecule has 7 heteroatoms. The average molecular weight is 770 g/mol. The summed E-state index contributed by atoms with van der Waals surface area (Å²) in [6.45, 7) is 0.790. The Bertz CT molecular complexity index is 3390. The number of fused-ring (bicyclic) bond motifs is 7. The maximum Gasteiger partial charge on any atom is 0.0963 e. The van der Waals surface area contributed by atoms with Gasteiger partial charge < -0.3 is 14.5 Å². The van der Waals surface area contributed by atoms with Gasteiger partial charge in [0.05, 0.1) is 56.6 Å². The average Bonchev–Trinajstić information content (AvgIpc) is 3.84. The molecule has 6 aromatic heterocycles. The Balaban J connectivity index is 0.975. The topological polar surface area (TPSA) is 73.5 Å². The Hall–Kier alpha value is -8.16. The highest BCUT2D eigenvalue weighted by molar-refractivity contribution is 6.09. The Morgan fingerprint density at radius 2 is 1.17 bits per heavy atom. The Labute approximate surface area is 345 Å². The molecular weight excluding hydrogens is 735 g/mol. The van der Waals surface area contributed by atoms with Crippen LogP contribution in [0.5, 0.6) is 0 Å². The van der Waals surface area contributed by atoms with Crippen LogP contribution in [0.2, 0.25) is 0 Å². The Morgan fingerprint density at radius 1 is 0.450 bits per heavy atom. The first-order valence-corrected chi connectivity index (χ1v) is 20.2. The summed E-state index contributed by atoms with van der Waals surface area (Å²) < 4.78 is 4.57. The van der Waals surface area contributed by atoms with E-state index in [0.29, 0.717) is 0 Å². The fourth-order valence-corrected chi connectivity index (χ4v) is 8.96. The summed E-state index contributed by atoms with van der Waals surface area (Å²) in [5.41, 5.74) is 17.6. The minimum atomic E-state index is 0.790. The summed E-state index contributed by atoms with van der Waals surface area (Å²) in [6.07, 6.45) is 7.80. The molecule has 12 rings (SSSR count). The molecule has 11 aromatic rings. The van der Waals surface area contributed by atoms with Gasteiger partial charge in [0.2, 0.25) is 0 Å². The lowest BCUT2D eigenvalue weighted by atomic mass is 9.91. The summed E-state index contributed by atoms with van der Waals surface area (Å²) in [5.74, 6) is 0. The van der Waals surface area contributed by atoms with Crippen LogP contribution in [0.3, 0.4) is 0 Å². The van der Waals surface area contributed by atoms with E-state index in [1.54, 1.807) is 0 Å². The molecule has 0 amide bonds. The highest BCUT2D eigenvalue weighted by Gasteiger charge is 2.19. The van der Waals surface area contributed by atoms with Crippen molar-refractivity contribution in [2.75, 3.05) is 0 Å². The molecule has 0 atom stereocenters. The summed E-state index contributed by atoms with van der Waals surface area (Å²) >= 11 is 0. The second kappa shape index (κ2) is 13.7. The summed E-state index contributed by atoms with van der Waals surface area (Å²) in [7, 11) is 0. The number of hydrogen-bond donors (Lipinski definition) is 1. The van der Waals surface area contributed by atoms with E-state index >= 15 is 0 Å². The first kappa shape index (κ1) is 33.9. The maximum absolute atomic E-state index is 5.34. The summed E-state index contributed by atoms with van der Waals surface area (Å²) in [5, 5.41) is 7.03. The number of benzene rings is 5. The lowest BCUT2D eigenvalue weighted by molar-refractivity contribution is 0.853. The molecule has 7 nitrogen and oxygen atoms in total. The van der Waals surface area contributed by atoms with Gasteiger partial charge in [0.1, 0.15) is 0 Å². The van der Waals surface area contributed by atoms with Crippen LogP contribution in [0.25, 0.3) is 94.6 Å². The van der Waals surface area contributed by atoms with Gasteiger partial charge in [0.25, 0.3) is 0 Å². The number of aromatic nitrogens is 6. The molecule has 5 aromatic carbocycles. The molecule has 282 valence electrons. The van der Waals surface area contributed by atoms with Crippen molar-refractivity contribution in [1.29, 1.82) is 0 Å². The number of para-hydroxylation sites is 2. The predicted octanol–water partition coefficient (Wildman–Crippen LogP) is 12.0. The highest BCUT2D eigenvalue weighted by atomic mass is 15.0. The van der Waals surface area contributed by atoms with Gasteiger partial charge in [-0.2, -0.15) is 0 Å². The zero-order valence-corrected chi connectivity index (χ0v) is 32.4. The molecule has 0 bridgehead atoms. The van der Waals surface area contributed by atoms with Crippen LogP contribution in [0.15, 0.2) is 195 Å². The van der Waals surface area contributed by atoms with E-state index in [-0.39, 0.29) is 0 Å². The second-order valence-electron chi connectivity index (χ2n) is 15.2. The first-order chi connectivity index (χ1) is 29.7. The minimum Gasteiger partial charge on any atom is -0.386 e. The minimum absolute atomic E-state index is 0.790. The molecule has 0 saturated carbocycles. The third kappa shape index (κ3) is 5.51. The molecule has 0 unspecified atom stereocenters. The number of pyridine rings is 4. The number of nitrogens with zero attached hydrogens (tertiary/aromatic N) is 6. The van der Waals surface area contributed by atoms with E-state index in [1.807, 2.05) is 24.7 Å². The van der Waals surface area contributed by atoms with Gasteiger partial charge in [0, 0.05) is 69.4 Å². The number of rotatable bonds is 6. The number of hydrogen-bond acceptors (Lipinski definition) is 5. The summed E-state index contributed by atoms with van der Waals surface area (Å²) in [4.78, 5) is 19.9. The van der Waals surface area contributed by atoms with Gasteiger partial charge in [-0.25, -0.2) is 9.97 Å². The van der Waals surface area contributed by atoms with Crippen molar-refractivity contribution >= 4 is 49.3 Å². The normalized spacial score (nSPS) is 12.5. The third-order valence-corrected chi connectivity index (χ3v) is 11.7. The van der Waals surface area contributed by atoms with Gasteiger partial charge in [-0.15, -0.1) is 0 Å². The quantitative estimate of drug-likeness (QED) is 0.182. The standard InChI is InChI=1S/C53H35N7/c1-2-13-40-36(10-1)31-55-32-44(40)37-29-47(34-21-23-38(24-22-34)59-50-19-6-4-15-43(50)53-51(59)20-9-26-56-53)58-48(30-37)46-17-8-16-45(57-46)35-11-7-12-39(28-35)60-49-18-5-3-14-41(49)42-25-27-54-33-52(42)60/h1-30,32-33,55H,31H2. The van der Waals surface area contributed by atoms with Crippen molar-refractivity contribution in [3.05, 3.63) is 211 Å². The maximum atomic E-state index is 5.34. The van der Waals surface area contributed by atoms with Crippen LogP contribution in [0.1, 0.15) is 16.7 Å². The van der Waals surface area contributed by atoms with Crippen LogP contribution in [-0.4, -0.2) is 29.1 Å². The fourth-order valence-electron chi connectivity index (χ4n) is 8.96. The van der Waals surface area contributed by atoms with Crippen molar-refractivity contribution < 1.29 is 0 Å². The lowest BCUT2D eigenvalue weighted by Gasteiger charge is -2.20. The molecule has 1 aliphatic rings. The molecule has 7 heterocycles. The zero-order valence-electron chi connectivity index (χ0n) is 32.4. The lowest BCUT2D eigenvalue weighted by Crippen LogP contribution is -2.14. The van der Waals surface area contributed by atoms with E-state index in [9.17, 15) is 0 Å². The van der Waals surface area contributed by atoms with Crippen LogP contribution in [0.4, 0.5) is 0 Å². The van der Waals surface area contributed by atoms with E-state index in [0.717, 1.165) is 95.9 Å². The SMILES string of the molecule is C1=C(c2cc(-c3ccc(-n4c5ccccc5c5ncccc54)cc3)nc(-c3cccc(-c4cccc(-n5c6ccccc6c6ccncc65)c4)n3)c2)c2ccccc2CN1. The van der Waals surface area contributed by atoms with Gasteiger partial charge in [-0.1, -0.05) is 91.0 Å². The van der Waals surface area contributed by atoms with Crippen LogP contribution >= 0.6 is 0 Å². The third-order valence-electron chi connectivity index (χ3n) is 11.7. The van der Waals surface area contributed by atoms with Gasteiger partial charge in [0.15, 0.2) is 0 Å². The monoisotopic (exact) mass is 769 g/mol. The van der Waals surface area contributed by atoms with Crippen molar-refractivity contribution in [1.82, 2.24) is 34.4 Å². The van der Waals surface area contributed by atoms with E-state index in [4.69, 9.17) is 15.0 Å². The largest absolute Gasteiger partial charge is 0.386 e. The molecular formula is C53H35N7. The van der Waals surface area contributed by atoms with Crippen LogP contribution in [-0.2, 0) is 6.54 Å². The van der Waals surface area contributed by atoms with Gasteiger partial charge in [-0.05, 0) is 95.6 Å². The Morgan fingerprint density at radius 3 is 2.08 bits per heavy atom. The van der Waals surface area contributed by atoms with E-state index in [2.05, 4.69) is 189 Å². The fraction of sp³-hybridized carbons (Fsp3) is 0.0189. The van der Waals surface area contributed by atoms with Crippen LogP contribution < -0.4 is 5.32 Å². The molecule has 0 radical (unpaired) electrons. The highest BCUT2D eigenvalue weighted by Crippen LogP contribution is 2.37. The first-order valence-electron chi connectivity index (χ1n) is 20.2. The van der Waals surface area contributed by atoms with E-state index in [1.165, 1.54) is 21.9 Å². The predicted molar refractivity (Wildman–Crippen MR) is 243 cm³/mol. The molecule has 0 saturated heterocycles. The smallest absolute Gasteiger partial charge is 0.0963 e. The molecule has 0 spiro atoms. The second-order valence-corrected chi connectivity index (χ2v) is 15.2. The van der Waals surface area contributed by atoms with Gasteiger partial charge in [-0.3, -0.25) is 9.97 Å². The molecule has 60 heavy (non-hydrogen) atoms. The molecule has 1 N–H and O–H groups in total. The van der Waals surface area contributed by atoms with E-state index < -0.39 is 0 Å². The molecule has 1 aliphatic heterocycles. The Kier molecular flexibility index (Phi) is 7.78. The molecule has 0 fully saturated rings. The summed E-state index contributed by atoms with van der Waals surface area (Å²) in [6, 6.07) is 59.7. The van der Waals surface area contributed by atoms with Crippen molar-refractivity contribution in [3.63, 3.8) is 0 Å². The number of nitrogens with one attached hydrogen (secondary N) is 1. The van der Waals surface area contributed by atoms with Crippen molar-refractivity contribution in [3.8, 4) is 45.3 Å². The molecule has 0 aliphatic carbocycles. The zero-order chi connectivity index (χ0) is 39.6. The van der Waals surface area contributed by atoms with Crippen LogP contribution in [0, 0.1) is 0 Å². The van der Waals surface area contributed by atoms with Gasteiger partial charge >= 0.3 is 0 Å².